The summed E-state index contributed by atoms with van der Waals surface area (Å²) in [6.45, 7) is -0.399. The zero-order chi connectivity index (χ0) is 18.1. The van der Waals surface area contributed by atoms with E-state index in [0.717, 1.165) is 49.9 Å². The molecule has 5 rings (SSSR count). The van der Waals surface area contributed by atoms with Gasteiger partial charge in [-0.25, -0.2) is 4.79 Å². The summed E-state index contributed by atoms with van der Waals surface area (Å²) in [6, 6.07) is -0.452. The van der Waals surface area contributed by atoms with Gasteiger partial charge < -0.3 is 10.1 Å². The number of imide groups is 1. The summed E-state index contributed by atoms with van der Waals surface area (Å²) in [5.74, 6) is 1.43. The van der Waals surface area contributed by atoms with Gasteiger partial charge in [0.05, 0.1) is 6.42 Å². The molecule has 0 aromatic carbocycles. The highest BCUT2D eigenvalue weighted by Crippen LogP contribution is 2.55. The first kappa shape index (κ1) is 17.6. The Hall–Kier alpha value is -1.85. The lowest BCUT2D eigenvalue weighted by Gasteiger charge is -2.56. The van der Waals surface area contributed by atoms with Gasteiger partial charge in [-0.15, -0.1) is 0 Å². The van der Waals surface area contributed by atoms with Gasteiger partial charge in [0.2, 0.25) is 0 Å². The number of hydrogen-bond donors (Lipinski definition) is 2. The van der Waals surface area contributed by atoms with Gasteiger partial charge in [-0.3, -0.25) is 14.9 Å². The number of carbonyl (C=O) groups excluding carboxylic acids is 3. The second kappa shape index (κ2) is 7.05. The predicted octanol–water partition coefficient (Wildman–Crippen LogP) is 2.68. The van der Waals surface area contributed by atoms with Crippen LogP contribution in [-0.2, 0) is 14.3 Å². The molecule has 4 bridgehead atoms. The van der Waals surface area contributed by atoms with Crippen LogP contribution >= 0.6 is 0 Å². The molecule has 26 heavy (non-hydrogen) atoms. The Morgan fingerprint density at radius 1 is 1.04 bits per heavy atom. The molecule has 5 aliphatic rings. The Morgan fingerprint density at radius 2 is 1.69 bits per heavy atom. The summed E-state index contributed by atoms with van der Waals surface area (Å²) in [7, 11) is 0. The number of amides is 3. The van der Waals surface area contributed by atoms with Crippen LogP contribution in [0.2, 0.25) is 0 Å². The van der Waals surface area contributed by atoms with E-state index >= 15 is 0 Å². The molecule has 4 fully saturated rings. The van der Waals surface area contributed by atoms with Crippen molar-refractivity contribution in [1.29, 1.82) is 0 Å². The molecule has 0 heterocycles. The van der Waals surface area contributed by atoms with E-state index in [-0.39, 0.29) is 11.5 Å². The molecule has 3 amide bonds. The molecule has 0 spiro atoms. The van der Waals surface area contributed by atoms with Crippen LogP contribution in [0.25, 0.3) is 0 Å². The van der Waals surface area contributed by atoms with E-state index in [0.29, 0.717) is 6.42 Å². The van der Waals surface area contributed by atoms with Crippen molar-refractivity contribution < 1.29 is 19.1 Å². The number of rotatable bonds is 5. The Labute approximate surface area is 154 Å². The Balaban J connectivity index is 1.20. The molecule has 0 aromatic rings. The first-order valence-electron chi connectivity index (χ1n) is 9.94. The third kappa shape index (κ3) is 3.94. The van der Waals surface area contributed by atoms with Gasteiger partial charge in [0.25, 0.3) is 5.91 Å². The number of carbonyl (C=O) groups is 3. The van der Waals surface area contributed by atoms with E-state index in [1.165, 1.54) is 19.3 Å². The van der Waals surface area contributed by atoms with E-state index in [1.54, 1.807) is 0 Å². The number of urea groups is 1. The molecule has 5 aliphatic carbocycles. The molecule has 1 atom stereocenters. The zero-order valence-corrected chi connectivity index (χ0v) is 15.2. The molecule has 0 radical (unpaired) electrons. The first-order chi connectivity index (χ1) is 12.5. The van der Waals surface area contributed by atoms with Crippen molar-refractivity contribution >= 4 is 17.9 Å². The lowest BCUT2D eigenvalue weighted by molar-refractivity contribution is -0.148. The molecular weight excluding hydrogens is 332 g/mol. The zero-order valence-electron chi connectivity index (χ0n) is 15.2. The standard InChI is InChI=1S/C20H28N2O4/c23-17(12-26-18(24)8-13-3-1-2-4-13)21-19(25)22-20-9-14-5-15(10-20)7-16(6-14)11-20/h1,3,13-16H,2,4-12H2,(H2,21,22,23,25)/t13-,14?,15?,16?,20?/m1/s1. The van der Waals surface area contributed by atoms with Gasteiger partial charge >= 0.3 is 12.0 Å². The van der Waals surface area contributed by atoms with Crippen LogP contribution in [0.15, 0.2) is 12.2 Å². The molecule has 4 saturated carbocycles. The van der Waals surface area contributed by atoms with E-state index in [1.807, 2.05) is 6.08 Å². The molecule has 0 unspecified atom stereocenters. The van der Waals surface area contributed by atoms with E-state index < -0.39 is 24.5 Å². The average Bonchev–Trinajstić information content (AvgIpc) is 3.03. The van der Waals surface area contributed by atoms with Crippen molar-refractivity contribution in [3.05, 3.63) is 12.2 Å². The summed E-state index contributed by atoms with van der Waals surface area (Å²) >= 11 is 0. The van der Waals surface area contributed by atoms with Crippen molar-refractivity contribution in [2.75, 3.05) is 6.61 Å². The van der Waals surface area contributed by atoms with Crippen LogP contribution < -0.4 is 10.6 Å². The van der Waals surface area contributed by atoms with Crippen molar-refractivity contribution in [3.63, 3.8) is 0 Å². The van der Waals surface area contributed by atoms with Gasteiger partial charge in [-0.2, -0.15) is 0 Å². The Morgan fingerprint density at radius 3 is 2.27 bits per heavy atom. The maximum absolute atomic E-state index is 12.3. The lowest BCUT2D eigenvalue weighted by atomic mass is 9.53. The van der Waals surface area contributed by atoms with Crippen molar-refractivity contribution in [3.8, 4) is 0 Å². The number of hydrogen-bond acceptors (Lipinski definition) is 4. The summed E-state index contributed by atoms with van der Waals surface area (Å²) in [5, 5.41) is 5.41. The highest BCUT2D eigenvalue weighted by Gasteiger charge is 2.51. The maximum atomic E-state index is 12.3. The summed E-state index contributed by atoms with van der Waals surface area (Å²) in [5.41, 5.74) is -0.134. The number of esters is 1. The van der Waals surface area contributed by atoms with Crippen LogP contribution in [0.5, 0.6) is 0 Å². The third-order valence-corrected chi connectivity index (χ3v) is 6.58. The number of allylic oxidation sites excluding steroid dienone is 2. The van der Waals surface area contributed by atoms with Gasteiger partial charge in [0.1, 0.15) is 0 Å². The second-order valence-electron chi connectivity index (χ2n) is 8.83. The highest BCUT2D eigenvalue weighted by atomic mass is 16.5. The van der Waals surface area contributed by atoms with Crippen LogP contribution in [0.1, 0.15) is 57.8 Å². The van der Waals surface area contributed by atoms with Crippen molar-refractivity contribution in [2.45, 2.75) is 63.3 Å². The van der Waals surface area contributed by atoms with Gasteiger partial charge in [0, 0.05) is 5.54 Å². The fraction of sp³-hybridized carbons (Fsp3) is 0.750. The largest absolute Gasteiger partial charge is 0.456 e. The van der Waals surface area contributed by atoms with E-state index in [2.05, 4.69) is 16.7 Å². The minimum atomic E-state index is -0.567. The topological polar surface area (TPSA) is 84.5 Å². The molecule has 2 N–H and O–H groups in total. The highest BCUT2D eigenvalue weighted by molar-refractivity contribution is 5.95. The van der Waals surface area contributed by atoms with Crippen molar-refractivity contribution in [2.24, 2.45) is 23.7 Å². The molecule has 6 nitrogen and oxygen atoms in total. The first-order valence-corrected chi connectivity index (χ1v) is 9.94. The summed E-state index contributed by atoms with van der Waals surface area (Å²) in [6.07, 6.45) is 13.3. The monoisotopic (exact) mass is 360 g/mol. The second-order valence-corrected chi connectivity index (χ2v) is 8.83. The fourth-order valence-corrected chi connectivity index (χ4v) is 5.98. The van der Waals surface area contributed by atoms with Crippen LogP contribution in [0.4, 0.5) is 4.79 Å². The molecule has 6 heteroatoms. The number of ether oxygens (including phenoxy) is 1. The molecule has 0 aliphatic heterocycles. The minimum Gasteiger partial charge on any atom is -0.456 e. The van der Waals surface area contributed by atoms with Crippen molar-refractivity contribution in [1.82, 2.24) is 10.6 Å². The normalized spacial score (nSPS) is 36.8. The average molecular weight is 360 g/mol. The third-order valence-electron chi connectivity index (χ3n) is 6.58. The summed E-state index contributed by atoms with van der Waals surface area (Å²) < 4.78 is 5.00. The Kier molecular flexibility index (Phi) is 4.76. The molecule has 0 aromatic heterocycles. The Bertz CT molecular complexity index is 592. The van der Waals surface area contributed by atoms with Crippen LogP contribution in [0, 0.1) is 23.7 Å². The maximum Gasteiger partial charge on any atom is 0.321 e. The van der Waals surface area contributed by atoms with Gasteiger partial charge in [-0.1, -0.05) is 12.2 Å². The predicted molar refractivity (Wildman–Crippen MR) is 95.0 cm³/mol. The molecule has 142 valence electrons. The SMILES string of the molecule is O=C(COC(=O)C[C@@H]1C=CCC1)NC(=O)NC12CC3CC(CC(C3)C1)C2. The number of nitrogens with one attached hydrogen (secondary N) is 2. The smallest absolute Gasteiger partial charge is 0.321 e. The van der Waals surface area contributed by atoms with E-state index in [9.17, 15) is 14.4 Å². The van der Waals surface area contributed by atoms with Crippen LogP contribution in [-0.4, -0.2) is 30.1 Å². The van der Waals surface area contributed by atoms with Gasteiger partial charge in [0.15, 0.2) is 6.61 Å². The molecular formula is C20H28N2O4. The van der Waals surface area contributed by atoms with Crippen LogP contribution in [0.3, 0.4) is 0 Å². The van der Waals surface area contributed by atoms with Gasteiger partial charge in [-0.05, 0) is 75.0 Å². The van der Waals surface area contributed by atoms with E-state index in [4.69, 9.17) is 4.74 Å². The summed E-state index contributed by atoms with van der Waals surface area (Å²) in [4.78, 5) is 35.9. The molecule has 0 saturated heterocycles. The quantitative estimate of drug-likeness (QED) is 0.583. The fourth-order valence-electron chi connectivity index (χ4n) is 5.98. The lowest BCUT2D eigenvalue weighted by Crippen LogP contribution is -2.62. The minimum absolute atomic E-state index is 0.134.